The Morgan fingerprint density at radius 3 is 1.52 bits per heavy atom. The Kier molecular flexibility index (Phi) is 6.85. The molecule has 0 saturated carbocycles. The molecular weight excluding hydrogens is 613 g/mol. The van der Waals surface area contributed by atoms with Crippen molar-refractivity contribution in [1.29, 1.82) is 0 Å². The molecule has 0 spiro atoms. The number of anilines is 1. The minimum atomic E-state index is -0.327. The smallest absolute Gasteiger partial charge is 0.268 e. The fourth-order valence-electron chi connectivity index (χ4n) is 7.49. The van der Waals surface area contributed by atoms with Gasteiger partial charge in [0.15, 0.2) is 0 Å². The Hall–Kier alpha value is -6.52. The zero-order chi connectivity index (χ0) is 33.9. The van der Waals surface area contributed by atoms with Crippen LogP contribution in [0.15, 0.2) is 158 Å². The van der Waals surface area contributed by atoms with Gasteiger partial charge in [-0.05, 0) is 84.1 Å². The number of carbonyl (C=O) groups excluding carboxylic acids is 2. The molecule has 0 unspecified atom stereocenters. The van der Waals surface area contributed by atoms with Crippen molar-refractivity contribution in [2.75, 3.05) is 4.90 Å². The molecule has 0 atom stereocenters. The minimum Gasteiger partial charge on any atom is -0.308 e. The molecule has 9 rings (SSSR count). The number of amides is 2. The monoisotopic (exact) mass is 644 g/mol. The first-order valence-corrected chi connectivity index (χ1v) is 16.9. The second-order valence-electron chi connectivity index (χ2n) is 13.1. The average Bonchev–Trinajstić information content (AvgIpc) is 3.61. The molecule has 0 aliphatic carbocycles. The van der Waals surface area contributed by atoms with E-state index in [1.165, 1.54) is 16.0 Å². The van der Waals surface area contributed by atoms with Gasteiger partial charge in [-0.3, -0.25) is 9.59 Å². The normalized spacial score (nSPS) is 12.6. The van der Waals surface area contributed by atoms with Crippen molar-refractivity contribution in [3.05, 3.63) is 180 Å². The molecule has 7 aromatic carbocycles. The van der Waals surface area contributed by atoms with Gasteiger partial charge >= 0.3 is 0 Å². The highest BCUT2D eigenvalue weighted by Gasteiger charge is 2.40. The molecule has 0 bridgehead atoms. The summed E-state index contributed by atoms with van der Waals surface area (Å²) in [6.07, 6.45) is 0. The van der Waals surface area contributed by atoms with Crippen LogP contribution in [0.5, 0.6) is 0 Å². The maximum Gasteiger partial charge on any atom is 0.268 e. The third-order valence-electron chi connectivity index (χ3n) is 9.83. The summed E-state index contributed by atoms with van der Waals surface area (Å²) in [6, 6.07) is 53.3. The maximum absolute atomic E-state index is 14.6. The summed E-state index contributed by atoms with van der Waals surface area (Å²) in [6.45, 7) is 4.22. The lowest BCUT2D eigenvalue weighted by Gasteiger charge is -2.18. The highest BCUT2D eigenvalue weighted by atomic mass is 16.2. The summed E-state index contributed by atoms with van der Waals surface area (Å²) in [5, 5.41) is 2.16. The van der Waals surface area contributed by atoms with Gasteiger partial charge in [-0.25, -0.2) is 4.90 Å². The first-order valence-electron chi connectivity index (χ1n) is 16.9. The van der Waals surface area contributed by atoms with E-state index in [2.05, 4.69) is 103 Å². The predicted octanol–water partition coefficient (Wildman–Crippen LogP) is 11.2. The van der Waals surface area contributed by atoms with Crippen molar-refractivity contribution in [1.82, 2.24) is 4.57 Å². The second kappa shape index (κ2) is 11.6. The van der Waals surface area contributed by atoms with E-state index in [1.807, 2.05) is 66.7 Å². The van der Waals surface area contributed by atoms with E-state index in [0.29, 0.717) is 22.5 Å². The van der Waals surface area contributed by atoms with Crippen molar-refractivity contribution in [2.24, 2.45) is 0 Å². The Balaban J connectivity index is 1.27. The first kappa shape index (κ1) is 29.6. The van der Waals surface area contributed by atoms with Crippen molar-refractivity contribution in [3.63, 3.8) is 0 Å². The number of hydrogen-bond donors (Lipinski definition) is 0. The van der Waals surface area contributed by atoms with Gasteiger partial charge in [0.25, 0.3) is 11.8 Å². The van der Waals surface area contributed by atoms with Crippen LogP contribution >= 0.6 is 0 Å². The first-order chi connectivity index (χ1) is 24.5. The lowest BCUT2D eigenvalue weighted by Crippen LogP contribution is -2.30. The van der Waals surface area contributed by atoms with Crippen molar-refractivity contribution in [2.45, 2.75) is 13.8 Å². The van der Waals surface area contributed by atoms with E-state index in [0.717, 1.165) is 55.2 Å². The van der Waals surface area contributed by atoms with Crippen LogP contribution in [0.2, 0.25) is 0 Å². The summed E-state index contributed by atoms with van der Waals surface area (Å²) in [7, 11) is 0. The molecule has 0 fully saturated rings. The maximum atomic E-state index is 14.6. The van der Waals surface area contributed by atoms with E-state index >= 15 is 0 Å². The lowest BCUT2D eigenvalue weighted by atomic mass is 9.99. The molecule has 8 aromatic rings. The molecule has 0 N–H and O–H groups in total. The molecule has 4 nitrogen and oxygen atoms in total. The quantitative estimate of drug-likeness (QED) is 0.175. The summed E-state index contributed by atoms with van der Waals surface area (Å²) in [5.41, 5.74) is 12.7. The van der Waals surface area contributed by atoms with Crippen molar-refractivity contribution in [3.8, 4) is 39.1 Å². The number of benzene rings is 7. The topological polar surface area (TPSA) is 42.3 Å². The van der Waals surface area contributed by atoms with Gasteiger partial charge in [0.05, 0.1) is 33.5 Å². The SMILES string of the molecule is Cc1cccc(-c2ccc3c(c2)c2cc(-c4cccc(C)c4)ccc2n3-c2cccc3c2C(=O)N(c2ccccc2-c2ccccc2)C3=O)c1. The molecule has 1 aliphatic heterocycles. The standard InChI is InChI=1S/C46H32N2O2/c1-29-11-8-15-32(25-29)34-21-23-41-38(27-34)39-28-35(33-16-9-12-30(2)26-33)22-24-42(39)47(41)43-20-10-18-37-44(43)46(50)48(45(37)49)40-19-7-6-17-36(40)31-13-4-3-5-14-31/h3-28H,1-2H3. The lowest BCUT2D eigenvalue weighted by molar-refractivity contribution is 0.0926. The molecule has 2 heterocycles. The van der Waals surface area contributed by atoms with E-state index < -0.39 is 0 Å². The van der Waals surface area contributed by atoms with Crippen LogP contribution in [-0.2, 0) is 0 Å². The molecule has 0 radical (unpaired) electrons. The number of para-hydroxylation sites is 1. The number of nitrogens with zero attached hydrogens (tertiary/aromatic N) is 2. The number of hydrogen-bond acceptors (Lipinski definition) is 2. The Bertz CT molecular complexity index is 2560. The Morgan fingerprint density at radius 1 is 0.400 bits per heavy atom. The summed E-state index contributed by atoms with van der Waals surface area (Å²) in [5.74, 6) is -0.647. The van der Waals surface area contributed by atoms with E-state index in [9.17, 15) is 9.59 Å². The van der Waals surface area contributed by atoms with Gasteiger partial charge in [-0.2, -0.15) is 0 Å². The molecule has 50 heavy (non-hydrogen) atoms. The largest absolute Gasteiger partial charge is 0.308 e. The van der Waals surface area contributed by atoms with Crippen LogP contribution in [0, 0.1) is 13.8 Å². The number of aromatic nitrogens is 1. The Morgan fingerprint density at radius 2 is 0.900 bits per heavy atom. The molecule has 1 aromatic heterocycles. The molecular formula is C46H32N2O2. The minimum absolute atomic E-state index is 0.320. The Labute approximate surface area is 290 Å². The highest BCUT2D eigenvalue weighted by molar-refractivity contribution is 6.36. The van der Waals surface area contributed by atoms with Crippen LogP contribution in [0.1, 0.15) is 31.8 Å². The van der Waals surface area contributed by atoms with Gasteiger partial charge in [-0.15, -0.1) is 0 Å². The van der Waals surface area contributed by atoms with Gasteiger partial charge < -0.3 is 4.57 Å². The number of fused-ring (bicyclic) bond motifs is 4. The second-order valence-corrected chi connectivity index (χ2v) is 13.1. The zero-order valence-corrected chi connectivity index (χ0v) is 27.7. The fraction of sp³-hybridized carbons (Fsp3) is 0.0435. The highest BCUT2D eigenvalue weighted by Crippen LogP contribution is 2.42. The van der Waals surface area contributed by atoms with Crippen molar-refractivity contribution < 1.29 is 9.59 Å². The third-order valence-corrected chi connectivity index (χ3v) is 9.83. The van der Waals surface area contributed by atoms with Crippen molar-refractivity contribution >= 4 is 39.3 Å². The predicted molar refractivity (Wildman–Crippen MR) is 204 cm³/mol. The number of carbonyl (C=O) groups is 2. The molecule has 2 amide bonds. The van der Waals surface area contributed by atoms with E-state index in [1.54, 1.807) is 6.07 Å². The van der Waals surface area contributed by atoms with Gasteiger partial charge in [-0.1, -0.05) is 126 Å². The molecule has 0 saturated heterocycles. The van der Waals surface area contributed by atoms with E-state index in [-0.39, 0.29) is 11.8 Å². The van der Waals surface area contributed by atoms with E-state index in [4.69, 9.17) is 0 Å². The van der Waals surface area contributed by atoms with Crippen LogP contribution in [-0.4, -0.2) is 16.4 Å². The molecule has 238 valence electrons. The van der Waals surface area contributed by atoms with Gasteiger partial charge in [0.2, 0.25) is 0 Å². The number of rotatable bonds is 5. The fourth-order valence-corrected chi connectivity index (χ4v) is 7.49. The summed E-state index contributed by atoms with van der Waals surface area (Å²) >= 11 is 0. The van der Waals surface area contributed by atoms with Crippen LogP contribution in [0.3, 0.4) is 0 Å². The molecule has 4 heteroatoms. The summed E-state index contributed by atoms with van der Waals surface area (Å²) in [4.78, 5) is 30.2. The van der Waals surface area contributed by atoms with Crippen LogP contribution < -0.4 is 4.90 Å². The molecule has 1 aliphatic rings. The zero-order valence-electron chi connectivity index (χ0n) is 27.7. The van der Waals surface area contributed by atoms with Crippen LogP contribution in [0.4, 0.5) is 5.69 Å². The van der Waals surface area contributed by atoms with Gasteiger partial charge in [0, 0.05) is 16.3 Å². The third kappa shape index (κ3) is 4.68. The summed E-state index contributed by atoms with van der Waals surface area (Å²) < 4.78 is 2.15. The van der Waals surface area contributed by atoms with Gasteiger partial charge in [0.1, 0.15) is 0 Å². The number of imide groups is 1. The number of aryl methyl sites for hydroxylation is 2. The average molecular weight is 645 g/mol. The van der Waals surface area contributed by atoms with Crippen LogP contribution in [0.25, 0.3) is 60.9 Å².